The predicted octanol–water partition coefficient (Wildman–Crippen LogP) is 2.11. The number of nitrogens with zero attached hydrogens (tertiary/aromatic N) is 2. The second-order valence-corrected chi connectivity index (χ2v) is 7.92. The van der Waals surface area contributed by atoms with E-state index in [-0.39, 0.29) is 23.5 Å². The van der Waals surface area contributed by atoms with Crippen molar-refractivity contribution in [2.24, 2.45) is 11.3 Å². The summed E-state index contributed by atoms with van der Waals surface area (Å²) in [5.74, 6) is 0.582. The van der Waals surface area contributed by atoms with E-state index in [0.29, 0.717) is 19.0 Å². The van der Waals surface area contributed by atoms with E-state index in [0.717, 1.165) is 6.54 Å². The predicted molar refractivity (Wildman–Crippen MR) is 76.3 cm³/mol. The van der Waals surface area contributed by atoms with Gasteiger partial charge in [-0.25, -0.2) is 4.79 Å². The lowest BCUT2D eigenvalue weighted by Crippen LogP contribution is -2.60. The lowest BCUT2D eigenvalue weighted by atomic mass is 9.86. The van der Waals surface area contributed by atoms with Crippen LogP contribution in [0, 0.1) is 11.3 Å². The lowest BCUT2D eigenvalue weighted by molar-refractivity contribution is -0.149. The van der Waals surface area contributed by atoms with Gasteiger partial charge in [-0.15, -0.1) is 0 Å². The van der Waals surface area contributed by atoms with Crippen LogP contribution in [0.3, 0.4) is 0 Å². The molecule has 2 rings (SSSR count). The molecule has 20 heavy (non-hydrogen) atoms. The van der Waals surface area contributed by atoms with Crippen LogP contribution in [0.2, 0.25) is 0 Å². The van der Waals surface area contributed by atoms with Gasteiger partial charge in [-0.3, -0.25) is 4.79 Å². The van der Waals surface area contributed by atoms with Gasteiger partial charge in [0.2, 0.25) is 5.91 Å². The van der Waals surface area contributed by atoms with Crippen molar-refractivity contribution >= 4 is 12.0 Å². The summed E-state index contributed by atoms with van der Waals surface area (Å²) in [6, 6.07) is 0.175. The highest BCUT2D eigenvalue weighted by Gasteiger charge is 2.51. The number of fused-ring (bicyclic) bond motifs is 1. The lowest BCUT2D eigenvalue weighted by Gasteiger charge is -2.46. The highest BCUT2D eigenvalue weighted by Crippen LogP contribution is 2.36. The molecule has 0 aliphatic carbocycles. The van der Waals surface area contributed by atoms with E-state index in [1.807, 2.05) is 46.4 Å². The number of ether oxygens (including phenoxy) is 1. The quantitative estimate of drug-likeness (QED) is 0.684. The van der Waals surface area contributed by atoms with Crippen LogP contribution in [0.1, 0.15) is 41.5 Å². The first-order chi connectivity index (χ1) is 8.99. The number of hydrogen-bond acceptors (Lipinski definition) is 3. The molecule has 0 aromatic heterocycles. The van der Waals surface area contributed by atoms with E-state index in [4.69, 9.17) is 4.74 Å². The van der Waals surface area contributed by atoms with Crippen molar-refractivity contribution < 1.29 is 14.3 Å². The summed E-state index contributed by atoms with van der Waals surface area (Å²) in [7, 11) is 0. The molecule has 2 fully saturated rings. The van der Waals surface area contributed by atoms with Crippen LogP contribution in [0.5, 0.6) is 0 Å². The van der Waals surface area contributed by atoms with Crippen molar-refractivity contribution in [3.63, 3.8) is 0 Å². The van der Waals surface area contributed by atoms with Gasteiger partial charge in [0.05, 0.1) is 6.04 Å². The van der Waals surface area contributed by atoms with Crippen LogP contribution >= 0.6 is 0 Å². The van der Waals surface area contributed by atoms with Gasteiger partial charge >= 0.3 is 6.09 Å². The van der Waals surface area contributed by atoms with Crippen LogP contribution in [-0.4, -0.2) is 53.1 Å². The number of hydrogen-bond donors (Lipinski definition) is 0. The second-order valence-electron chi connectivity index (χ2n) is 7.92. The Balaban J connectivity index is 1.94. The van der Waals surface area contributed by atoms with Gasteiger partial charge in [-0.2, -0.15) is 0 Å². The molecule has 2 amide bonds. The monoisotopic (exact) mass is 282 g/mol. The Morgan fingerprint density at radius 2 is 1.60 bits per heavy atom. The first-order valence-corrected chi connectivity index (χ1v) is 7.28. The van der Waals surface area contributed by atoms with Crippen LogP contribution in [0.4, 0.5) is 4.79 Å². The molecular weight excluding hydrogens is 256 g/mol. The van der Waals surface area contributed by atoms with E-state index >= 15 is 0 Å². The first-order valence-electron chi connectivity index (χ1n) is 7.28. The zero-order valence-electron chi connectivity index (χ0n) is 13.4. The minimum absolute atomic E-state index is 0.171. The van der Waals surface area contributed by atoms with Crippen LogP contribution in [0.15, 0.2) is 0 Å². The summed E-state index contributed by atoms with van der Waals surface area (Å²) in [5.41, 5.74) is -0.829. The van der Waals surface area contributed by atoms with E-state index in [1.165, 1.54) is 0 Å². The van der Waals surface area contributed by atoms with E-state index in [2.05, 4.69) is 0 Å². The standard InChI is InChI=1S/C15H26N2O3/c1-14(2,3)12(18)17-8-10-7-16(9-11(10)17)13(19)20-15(4,5)6/h10-11H,7-9H2,1-6H3. The van der Waals surface area contributed by atoms with Gasteiger partial charge in [0.25, 0.3) is 0 Å². The molecule has 2 heterocycles. The maximum absolute atomic E-state index is 12.3. The number of carbonyl (C=O) groups is 2. The highest BCUT2D eigenvalue weighted by atomic mass is 16.6. The molecule has 2 aliphatic heterocycles. The average molecular weight is 282 g/mol. The van der Waals surface area contributed by atoms with Crippen LogP contribution in [0.25, 0.3) is 0 Å². The molecule has 0 spiro atoms. The molecule has 0 aromatic rings. The normalized spacial score (nSPS) is 26.1. The van der Waals surface area contributed by atoms with Crippen molar-refractivity contribution in [2.45, 2.75) is 53.2 Å². The molecule has 0 N–H and O–H groups in total. The number of carbonyl (C=O) groups excluding carboxylic acids is 2. The third-order valence-corrected chi connectivity index (χ3v) is 3.79. The number of likely N-dealkylation sites (tertiary alicyclic amines) is 2. The van der Waals surface area contributed by atoms with Crippen molar-refractivity contribution in [2.75, 3.05) is 19.6 Å². The van der Waals surface area contributed by atoms with E-state index in [1.54, 1.807) is 4.90 Å². The molecule has 0 bridgehead atoms. The fraction of sp³-hybridized carbons (Fsp3) is 0.867. The van der Waals surface area contributed by atoms with Gasteiger partial charge < -0.3 is 14.5 Å². The minimum Gasteiger partial charge on any atom is -0.444 e. The summed E-state index contributed by atoms with van der Waals surface area (Å²) < 4.78 is 5.39. The van der Waals surface area contributed by atoms with Gasteiger partial charge in [0, 0.05) is 31.0 Å². The molecule has 114 valence electrons. The molecular formula is C15H26N2O3. The van der Waals surface area contributed by atoms with Gasteiger partial charge in [0.15, 0.2) is 0 Å². The third kappa shape index (κ3) is 2.91. The Morgan fingerprint density at radius 3 is 2.10 bits per heavy atom. The van der Waals surface area contributed by atoms with E-state index in [9.17, 15) is 9.59 Å². The van der Waals surface area contributed by atoms with E-state index < -0.39 is 5.60 Å². The molecule has 0 saturated carbocycles. The Morgan fingerprint density at radius 1 is 1.00 bits per heavy atom. The summed E-state index contributed by atoms with van der Waals surface area (Å²) in [5, 5.41) is 0. The van der Waals surface area contributed by atoms with Crippen molar-refractivity contribution in [3.8, 4) is 0 Å². The summed E-state index contributed by atoms with van der Waals surface area (Å²) >= 11 is 0. The summed E-state index contributed by atoms with van der Waals surface area (Å²) in [6.07, 6.45) is -0.268. The average Bonchev–Trinajstić information content (AvgIpc) is 2.53. The zero-order chi connectivity index (χ0) is 15.3. The zero-order valence-corrected chi connectivity index (χ0v) is 13.4. The highest BCUT2D eigenvalue weighted by molar-refractivity contribution is 5.83. The van der Waals surface area contributed by atoms with Crippen LogP contribution in [-0.2, 0) is 9.53 Å². The Kier molecular flexibility index (Phi) is 3.51. The van der Waals surface area contributed by atoms with Crippen molar-refractivity contribution in [3.05, 3.63) is 0 Å². The van der Waals surface area contributed by atoms with Gasteiger partial charge in [-0.1, -0.05) is 20.8 Å². The molecule has 2 atom stereocenters. The topological polar surface area (TPSA) is 49.9 Å². The SMILES string of the molecule is CC(C)(C)OC(=O)N1CC2CN(C(=O)C(C)(C)C)C2C1. The Bertz CT molecular complexity index is 420. The number of amides is 2. The fourth-order valence-corrected chi connectivity index (χ4v) is 2.78. The smallest absolute Gasteiger partial charge is 0.410 e. The summed E-state index contributed by atoms with van der Waals surface area (Å²) in [4.78, 5) is 28.0. The molecule has 0 aromatic carbocycles. The summed E-state index contributed by atoms with van der Waals surface area (Å²) in [6.45, 7) is 13.5. The van der Waals surface area contributed by atoms with Gasteiger partial charge in [0.1, 0.15) is 5.60 Å². The molecule has 5 nitrogen and oxygen atoms in total. The fourth-order valence-electron chi connectivity index (χ4n) is 2.78. The molecule has 2 saturated heterocycles. The Hall–Kier alpha value is -1.26. The third-order valence-electron chi connectivity index (χ3n) is 3.79. The number of rotatable bonds is 0. The minimum atomic E-state index is -0.473. The molecule has 0 radical (unpaired) electrons. The maximum Gasteiger partial charge on any atom is 0.410 e. The van der Waals surface area contributed by atoms with Gasteiger partial charge in [-0.05, 0) is 20.8 Å². The van der Waals surface area contributed by atoms with Crippen molar-refractivity contribution in [1.29, 1.82) is 0 Å². The van der Waals surface area contributed by atoms with Crippen molar-refractivity contribution in [1.82, 2.24) is 9.80 Å². The first kappa shape index (κ1) is 15.1. The Labute approximate surface area is 121 Å². The maximum atomic E-state index is 12.3. The molecule has 5 heteroatoms. The van der Waals surface area contributed by atoms with Crippen LogP contribution < -0.4 is 0 Å². The second kappa shape index (κ2) is 4.64. The largest absolute Gasteiger partial charge is 0.444 e. The molecule has 2 aliphatic rings. The molecule has 2 unspecified atom stereocenters.